The molecule has 0 amide bonds. The summed E-state index contributed by atoms with van der Waals surface area (Å²) in [5.41, 5.74) is 1.17. The number of imidazole rings is 1. The minimum Gasteiger partial charge on any atom is -0.369 e. The SMILES string of the molecule is Brc1ccc(CCn2cncc2C2CNCCO2)s1. The highest BCUT2D eigenvalue weighted by molar-refractivity contribution is 9.11. The fourth-order valence-electron chi connectivity index (χ4n) is 2.26. The van der Waals surface area contributed by atoms with E-state index < -0.39 is 0 Å². The number of hydrogen-bond donors (Lipinski definition) is 1. The molecular weight excluding hydrogens is 326 g/mol. The van der Waals surface area contributed by atoms with Gasteiger partial charge in [0.1, 0.15) is 6.10 Å². The number of hydrogen-bond acceptors (Lipinski definition) is 4. The smallest absolute Gasteiger partial charge is 0.111 e. The van der Waals surface area contributed by atoms with Crippen LogP contribution in [0.4, 0.5) is 0 Å². The van der Waals surface area contributed by atoms with Crippen molar-refractivity contribution in [2.45, 2.75) is 19.1 Å². The van der Waals surface area contributed by atoms with Gasteiger partial charge in [-0.05, 0) is 34.5 Å². The van der Waals surface area contributed by atoms with Crippen LogP contribution in [0.15, 0.2) is 28.4 Å². The predicted molar refractivity (Wildman–Crippen MR) is 79.5 cm³/mol. The monoisotopic (exact) mass is 341 g/mol. The topological polar surface area (TPSA) is 39.1 Å². The van der Waals surface area contributed by atoms with Gasteiger partial charge in [-0.25, -0.2) is 4.98 Å². The molecular formula is C13H16BrN3OS. The Morgan fingerprint density at radius 2 is 2.47 bits per heavy atom. The molecule has 6 heteroatoms. The molecule has 2 aromatic rings. The van der Waals surface area contributed by atoms with Gasteiger partial charge < -0.3 is 14.6 Å². The van der Waals surface area contributed by atoms with Crippen molar-refractivity contribution >= 4 is 27.3 Å². The van der Waals surface area contributed by atoms with E-state index >= 15 is 0 Å². The Bertz CT molecular complexity index is 533. The fraction of sp³-hybridized carbons (Fsp3) is 0.462. The van der Waals surface area contributed by atoms with E-state index in [1.54, 1.807) is 11.3 Å². The average Bonchev–Trinajstić information content (AvgIpc) is 3.06. The number of nitrogens with one attached hydrogen (secondary N) is 1. The molecule has 3 rings (SSSR count). The number of aromatic nitrogens is 2. The van der Waals surface area contributed by atoms with Crippen LogP contribution in [0.2, 0.25) is 0 Å². The minimum atomic E-state index is 0.131. The van der Waals surface area contributed by atoms with E-state index in [1.807, 2.05) is 12.5 Å². The molecule has 2 aromatic heterocycles. The Morgan fingerprint density at radius 3 is 3.21 bits per heavy atom. The lowest BCUT2D eigenvalue weighted by molar-refractivity contribution is 0.0228. The standard InChI is InChI=1S/C13H16BrN3OS/c14-13-2-1-10(19-13)3-5-17-9-16-7-11(17)12-8-15-4-6-18-12/h1-2,7,9,12,15H,3-6,8H2. The molecule has 1 aliphatic rings. The summed E-state index contributed by atoms with van der Waals surface area (Å²) in [6.45, 7) is 3.53. The minimum absolute atomic E-state index is 0.131. The number of nitrogens with zero attached hydrogens (tertiary/aromatic N) is 2. The lowest BCUT2D eigenvalue weighted by Crippen LogP contribution is -2.34. The van der Waals surface area contributed by atoms with Crippen molar-refractivity contribution in [1.29, 1.82) is 0 Å². The van der Waals surface area contributed by atoms with E-state index in [4.69, 9.17) is 4.74 Å². The van der Waals surface area contributed by atoms with Crippen LogP contribution in [0.5, 0.6) is 0 Å². The van der Waals surface area contributed by atoms with E-state index in [-0.39, 0.29) is 6.10 Å². The van der Waals surface area contributed by atoms with Gasteiger partial charge in [-0.15, -0.1) is 11.3 Å². The number of halogens is 1. The van der Waals surface area contributed by atoms with Crippen LogP contribution in [0.25, 0.3) is 0 Å². The summed E-state index contributed by atoms with van der Waals surface area (Å²) in [4.78, 5) is 5.65. The van der Waals surface area contributed by atoms with Crippen LogP contribution in [-0.2, 0) is 17.7 Å². The maximum Gasteiger partial charge on any atom is 0.111 e. The van der Waals surface area contributed by atoms with Gasteiger partial charge in [-0.1, -0.05) is 0 Å². The van der Waals surface area contributed by atoms with Gasteiger partial charge >= 0.3 is 0 Å². The van der Waals surface area contributed by atoms with E-state index in [1.165, 1.54) is 14.4 Å². The number of thiophene rings is 1. The van der Waals surface area contributed by atoms with Crippen LogP contribution in [-0.4, -0.2) is 29.2 Å². The summed E-state index contributed by atoms with van der Waals surface area (Å²) in [7, 11) is 0. The van der Waals surface area contributed by atoms with Crippen molar-refractivity contribution in [2.75, 3.05) is 19.7 Å². The zero-order chi connectivity index (χ0) is 13.1. The lowest BCUT2D eigenvalue weighted by Gasteiger charge is -2.24. The quantitative estimate of drug-likeness (QED) is 0.928. The molecule has 1 aliphatic heterocycles. The van der Waals surface area contributed by atoms with Crippen molar-refractivity contribution in [2.24, 2.45) is 0 Å². The van der Waals surface area contributed by atoms with Crippen LogP contribution < -0.4 is 5.32 Å². The third kappa shape index (κ3) is 3.25. The van der Waals surface area contributed by atoms with Crippen LogP contribution >= 0.6 is 27.3 Å². The second-order valence-electron chi connectivity index (χ2n) is 4.53. The van der Waals surface area contributed by atoms with Crippen molar-refractivity contribution in [3.05, 3.63) is 39.0 Å². The van der Waals surface area contributed by atoms with Crippen molar-refractivity contribution < 1.29 is 4.74 Å². The Morgan fingerprint density at radius 1 is 1.53 bits per heavy atom. The van der Waals surface area contributed by atoms with Gasteiger partial charge in [-0.3, -0.25) is 0 Å². The molecule has 1 N–H and O–H groups in total. The number of ether oxygens (including phenoxy) is 1. The lowest BCUT2D eigenvalue weighted by atomic mass is 10.2. The third-order valence-corrected chi connectivity index (χ3v) is 4.91. The molecule has 1 saturated heterocycles. The maximum atomic E-state index is 5.79. The molecule has 4 nitrogen and oxygen atoms in total. The first kappa shape index (κ1) is 13.3. The molecule has 0 spiro atoms. The molecule has 1 unspecified atom stereocenters. The largest absolute Gasteiger partial charge is 0.369 e. The average molecular weight is 342 g/mol. The van der Waals surface area contributed by atoms with Gasteiger partial charge in [0.05, 0.1) is 28.6 Å². The summed E-state index contributed by atoms with van der Waals surface area (Å²) in [5, 5.41) is 3.36. The van der Waals surface area contributed by atoms with E-state index in [0.717, 1.165) is 32.7 Å². The molecule has 0 radical (unpaired) electrons. The van der Waals surface area contributed by atoms with Crippen molar-refractivity contribution in [1.82, 2.24) is 14.9 Å². The molecule has 0 aromatic carbocycles. The van der Waals surface area contributed by atoms with Crippen LogP contribution in [0.1, 0.15) is 16.7 Å². The molecule has 0 bridgehead atoms. The molecule has 1 atom stereocenters. The van der Waals surface area contributed by atoms with Crippen LogP contribution in [0.3, 0.4) is 0 Å². The second-order valence-corrected chi connectivity index (χ2v) is 7.08. The van der Waals surface area contributed by atoms with E-state index in [0.29, 0.717) is 0 Å². The third-order valence-electron chi connectivity index (χ3n) is 3.23. The maximum absolute atomic E-state index is 5.79. The summed E-state index contributed by atoms with van der Waals surface area (Å²) in [6, 6.07) is 4.27. The summed E-state index contributed by atoms with van der Waals surface area (Å²) >= 11 is 5.29. The molecule has 0 aliphatic carbocycles. The first-order valence-corrected chi connectivity index (χ1v) is 8.00. The Balaban J connectivity index is 1.66. The Labute approximate surface area is 124 Å². The second kappa shape index (κ2) is 6.17. The first-order chi connectivity index (χ1) is 9.33. The highest BCUT2D eigenvalue weighted by atomic mass is 79.9. The van der Waals surface area contributed by atoms with Crippen molar-refractivity contribution in [3.8, 4) is 0 Å². The van der Waals surface area contributed by atoms with Gasteiger partial charge in [0.25, 0.3) is 0 Å². The Kier molecular flexibility index (Phi) is 4.32. The van der Waals surface area contributed by atoms with Gasteiger partial charge in [0, 0.05) is 24.5 Å². The molecule has 0 saturated carbocycles. The van der Waals surface area contributed by atoms with Crippen molar-refractivity contribution in [3.63, 3.8) is 0 Å². The fourth-order valence-corrected chi connectivity index (χ4v) is 3.73. The van der Waals surface area contributed by atoms with Gasteiger partial charge in [0.15, 0.2) is 0 Å². The van der Waals surface area contributed by atoms with E-state index in [2.05, 4.69) is 42.9 Å². The molecule has 102 valence electrons. The molecule has 1 fully saturated rings. The molecule has 19 heavy (non-hydrogen) atoms. The van der Waals surface area contributed by atoms with E-state index in [9.17, 15) is 0 Å². The zero-order valence-corrected chi connectivity index (χ0v) is 12.9. The Hall–Kier alpha value is -0.690. The number of morpholine rings is 1. The molecule has 3 heterocycles. The normalized spacial score (nSPS) is 19.7. The summed E-state index contributed by atoms with van der Waals surface area (Å²) in [6.07, 6.45) is 4.98. The number of aryl methyl sites for hydroxylation is 2. The highest BCUT2D eigenvalue weighted by Crippen LogP contribution is 2.24. The van der Waals surface area contributed by atoms with Gasteiger partial charge in [0.2, 0.25) is 0 Å². The zero-order valence-electron chi connectivity index (χ0n) is 10.5. The first-order valence-electron chi connectivity index (χ1n) is 6.39. The summed E-state index contributed by atoms with van der Waals surface area (Å²) in [5.74, 6) is 0. The highest BCUT2D eigenvalue weighted by Gasteiger charge is 2.19. The summed E-state index contributed by atoms with van der Waals surface area (Å²) < 4.78 is 9.18. The predicted octanol–water partition coefficient (Wildman–Crippen LogP) is 2.61. The number of rotatable bonds is 4. The van der Waals surface area contributed by atoms with Gasteiger partial charge in [-0.2, -0.15) is 0 Å². The van der Waals surface area contributed by atoms with Crippen LogP contribution in [0, 0.1) is 0 Å².